The number of thiophene rings is 1. The Hall–Kier alpha value is -2.68. The van der Waals surface area contributed by atoms with Crippen molar-refractivity contribution in [3.63, 3.8) is 0 Å². The number of amides is 1. The lowest BCUT2D eigenvalue weighted by molar-refractivity contribution is 0.0568. The van der Waals surface area contributed by atoms with Crippen LogP contribution >= 0.6 is 11.3 Å². The van der Waals surface area contributed by atoms with Gasteiger partial charge in [0.05, 0.1) is 13.2 Å². The van der Waals surface area contributed by atoms with Gasteiger partial charge >= 0.3 is 0 Å². The Morgan fingerprint density at radius 1 is 1.33 bits per heavy atom. The van der Waals surface area contributed by atoms with E-state index in [-0.39, 0.29) is 23.4 Å². The van der Waals surface area contributed by atoms with Crippen molar-refractivity contribution in [1.29, 1.82) is 0 Å². The molecule has 160 valence electrons. The number of ether oxygens (including phenoxy) is 2. The Balaban J connectivity index is 1.75. The molecule has 1 fully saturated rings. The molecule has 0 saturated heterocycles. The number of aryl methyl sites for hydroxylation is 1. The molecule has 1 aliphatic carbocycles. The molecule has 1 aromatic carbocycles. The van der Waals surface area contributed by atoms with Crippen molar-refractivity contribution in [2.24, 2.45) is 11.3 Å². The summed E-state index contributed by atoms with van der Waals surface area (Å²) in [5.74, 6) is 1.76. The molecule has 2 atom stereocenters. The Bertz CT molecular complexity index is 1060. The molecular weight excluding hydrogens is 402 g/mol. The first-order valence-electron chi connectivity index (χ1n) is 10.1. The first-order chi connectivity index (χ1) is 14.3. The van der Waals surface area contributed by atoms with E-state index in [0.717, 1.165) is 34.2 Å². The molecular formula is C21H27N5O3S. The fraction of sp³-hybridized carbons (Fsp3) is 0.524. The Kier molecular flexibility index (Phi) is 5.40. The predicted molar refractivity (Wildman–Crippen MR) is 116 cm³/mol. The second-order valence-electron chi connectivity index (χ2n) is 8.92. The van der Waals surface area contributed by atoms with Crippen molar-refractivity contribution in [2.45, 2.75) is 53.1 Å². The summed E-state index contributed by atoms with van der Waals surface area (Å²) in [5.41, 5.74) is 1.21. The fourth-order valence-electron chi connectivity index (χ4n) is 4.58. The van der Waals surface area contributed by atoms with Crippen LogP contribution in [0.4, 0.5) is 5.95 Å². The SMILES string of the molecule is COc1cc2c(OC3C[C@@H](C)CC(C)(C)C3)c(C(=O)Nc3nn[nH]n3)sc2cc1C. The lowest BCUT2D eigenvalue weighted by Gasteiger charge is -2.38. The number of hydrogen-bond acceptors (Lipinski definition) is 7. The monoisotopic (exact) mass is 429 g/mol. The maximum atomic E-state index is 13.0. The zero-order valence-corrected chi connectivity index (χ0v) is 18.7. The van der Waals surface area contributed by atoms with E-state index < -0.39 is 0 Å². The van der Waals surface area contributed by atoms with E-state index in [9.17, 15) is 4.79 Å². The maximum absolute atomic E-state index is 13.0. The number of methoxy groups -OCH3 is 1. The highest BCUT2D eigenvalue weighted by atomic mass is 32.1. The van der Waals surface area contributed by atoms with E-state index in [1.165, 1.54) is 17.8 Å². The van der Waals surface area contributed by atoms with E-state index in [1.807, 2.05) is 19.1 Å². The summed E-state index contributed by atoms with van der Waals surface area (Å²) in [7, 11) is 1.65. The highest BCUT2D eigenvalue weighted by Gasteiger charge is 2.34. The summed E-state index contributed by atoms with van der Waals surface area (Å²) in [6.07, 6.45) is 3.14. The molecule has 1 saturated carbocycles. The van der Waals surface area contributed by atoms with Gasteiger partial charge in [-0.15, -0.1) is 16.4 Å². The lowest BCUT2D eigenvalue weighted by atomic mass is 9.71. The van der Waals surface area contributed by atoms with E-state index in [1.54, 1.807) is 7.11 Å². The molecule has 0 radical (unpaired) electrons. The third-order valence-electron chi connectivity index (χ3n) is 5.57. The highest BCUT2D eigenvalue weighted by Crippen LogP contribution is 2.45. The Morgan fingerprint density at radius 2 is 2.13 bits per heavy atom. The third-order valence-corrected chi connectivity index (χ3v) is 6.70. The summed E-state index contributed by atoms with van der Waals surface area (Å²) < 4.78 is 13.1. The van der Waals surface area contributed by atoms with E-state index >= 15 is 0 Å². The van der Waals surface area contributed by atoms with Gasteiger partial charge in [-0.2, -0.15) is 5.21 Å². The maximum Gasteiger partial charge on any atom is 0.272 e. The first kappa shape index (κ1) is 20.6. The van der Waals surface area contributed by atoms with Crippen molar-refractivity contribution in [3.05, 3.63) is 22.6 Å². The molecule has 2 aromatic heterocycles. The first-order valence-corrected chi connectivity index (χ1v) is 10.9. The molecule has 3 aromatic rings. The van der Waals surface area contributed by atoms with Gasteiger partial charge in [0.15, 0.2) is 5.75 Å². The van der Waals surface area contributed by atoms with Crippen LogP contribution in [-0.4, -0.2) is 39.7 Å². The standard InChI is InChI=1S/C21H27N5O3S/c1-11-6-13(10-21(3,4)9-11)29-17-14-8-15(28-5)12(2)7-16(14)30-18(17)19(27)22-20-23-25-26-24-20/h7-8,11,13H,6,9-10H2,1-5H3,(H2,22,23,24,25,26,27)/t11-,13?/m1/s1. The van der Waals surface area contributed by atoms with Crippen LogP contribution in [0.1, 0.15) is 55.3 Å². The van der Waals surface area contributed by atoms with E-state index in [2.05, 4.69) is 46.7 Å². The number of benzene rings is 1. The van der Waals surface area contributed by atoms with Gasteiger partial charge in [0.2, 0.25) is 0 Å². The van der Waals surface area contributed by atoms with Crippen LogP contribution in [-0.2, 0) is 0 Å². The van der Waals surface area contributed by atoms with E-state index in [0.29, 0.717) is 16.5 Å². The fourth-order valence-corrected chi connectivity index (χ4v) is 5.69. The van der Waals surface area contributed by atoms with Crippen LogP contribution in [0, 0.1) is 18.3 Å². The molecule has 9 heteroatoms. The topological polar surface area (TPSA) is 102 Å². The van der Waals surface area contributed by atoms with Crippen LogP contribution in [0.15, 0.2) is 12.1 Å². The lowest BCUT2D eigenvalue weighted by Crippen LogP contribution is -2.34. The van der Waals surface area contributed by atoms with Gasteiger partial charge in [0, 0.05) is 10.1 Å². The van der Waals surface area contributed by atoms with Crippen molar-refractivity contribution in [3.8, 4) is 11.5 Å². The number of hydrogen-bond donors (Lipinski definition) is 2. The van der Waals surface area contributed by atoms with Crippen molar-refractivity contribution in [2.75, 3.05) is 12.4 Å². The number of nitrogens with one attached hydrogen (secondary N) is 2. The molecule has 1 amide bonds. The Morgan fingerprint density at radius 3 is 2.80 bits per heavy atom. The molecule has 4 rings (SSSR count). The smallest absolute Gasteiger partial charge is 0.272 e. The summed E-state index contributed by atoms with van der Waals surface area (Å²) in [5, 5.41) is 17.0. The quantitative estimate of drug-likeness (QED) is 0.616. The zero-order valence-electron chi connectivity index (χ0n) is 17.9. The van der Waals surface area contributed by atoms with Gasteiger partial charge in [-0.1, -0.05) is 25.9 Å². The number of carbonyl (C=O) groups excluding carboxylic acids is 1. The molecule has 0 bridgehead atoms. The molecule has 30 heavy (non-hydrogen) atoms. The molecule has 0 aliphatic heterocycles. The summed E-state index contributed by atoms with van der Waals surface area (Å²) >= 11 is 1.40. The van der Waals surface area contributed by atoms with Gasteiger partial charge in [-0.25, -0.2) is 0 Å². The van der Waals surface area contributed by atoms with Gasteiger partial charge in [-0.3, -0.25) is 10.1 Å². The van der Waals surface area contributed by atoms with Gasteiger partial charge < -0.3 is 9.47 Å². The summed E-state index contributed by atoms with van der Waals surface area (Å²) in [6.45, 7) is 8.81. The van der Waals surface area contributed by atoms with Crippen LogP contribution in [0.25, 0.3) is 10.1 Å². The molecule has 0 spiro atoms. The van der Waals surface area contributed by atoms with Crippen molar-refractivity contribution >= 4 is 33.3 Å². The summed E-state index contributed by atoms with van der Waals surface area (Å²) in [4.78, 5) is 13.5. The molecule has 8 nitrogen and oxygen atoms in total. The number of H-pyrrole nitrogens is 1. The van der Waals surface area contributed by atoms with Gasteiger partial charge in [0.1, 0.15) is 10.6 Å². The third kappa shape index (κ3) is 4.12. The number of aromatic nitrogens is 4. The minimum atomic E-state index is -0.313. The van der Waals surface area contributed by atoms with Crippen LogP contribution in [0.2, 0.25) is 0 Å². The van der Waals surface area contributed by atoms with Gasteiger partial charge in [-0.05, 0) is 60.4 Å². The second kappa shape index (κ2) is 7.86. The van der Waals surface area contributed by atoms with Crippen molar-refractivity contribution < 1.29 is 14.3 Å². The number of rotatable bonds is 5. The Labute approximate surface area is 179 Å². The number of tetrazole rings is 1. The number of nitrogens with zero attached hydrogens (tertiary/aromatic N) is 3. The highest BCUT2D eigenvalue weighted by molar-refractivity contribution is 7.21. The zero-order chi connectivity index (χ0) is 21.5. The minimum absolute atomic E-state index is 0.0468. The van der Waals surface area contributed by atoms with Crippen LogP contribution < -0.4 is 14.8 Å². The number of aromatic amines is 1. The molecule has 1 aliphatic rings. The number of carbonyl (C=O) groups is 1. The molecule has 1 unspecified atom stereocenters. The molecule has 2 heterocycles. The predicted octanol–water partition coefficient (Wildman–Crippen LogP) is 4.58. The van der Waals surface area contributed by atoms with Gasteiger partial charge in [0.25, 0.3) is 11.9 Å². The van der Waals surface area contributed by atoms with E-state index in [4.69, 9.17) is 9.47 Å². The second-order valence-corrected chi connectivity index (χ2v) is 9.97. The van der Waals surface area contributed by atoms with Crippen LogP contribution in [0.3, 0.4) is 0 Å². The number of fused-ring (bicyclic) bond motifs is 1. The number of anilines is 1. The average molecular weight is 430 g/mol. The van der Waals surface area contributed by atoms with Crippen LogP contribution in [0.5, 0.6) is 11.5 Å². The van der Waals surface area contributed by atoms with Crippen molar-refractivity contribution in [1.82, 2.24) is 20.6 Å². The summed E-state index contributed by atoms with van der Waals surface area (Å²) in [6, 6.07) is 3.99. The normalized spacial score (nSPS) is 20.8. The average Bonchev–Trinajstić information content (AvgIpc) is 3.27. The largest absolute Gasteiger partial charge is 0.496 e. The minimum Gasteiger partial charge on any atom is -0.496 e. The molecule has 2 N–H and O–H groups in total.